The van der Waals surface area contributed by atoms with Gasteiger partial charge in [-0.1, -0.05) is 30.3 Å². The van der Waals surface area contributed by atoms with E-state index in [1.54, 1.807) is 7.11 Å². The average Bonchev–Trinajstić information content (AvgIpc) is 3.03. The lowest BCUT2D eigenvalue weighted by molar-refractivity contribution is 0.215. The van der Waals surface area contributed by atoms with Crippen molar-refractivity contribution in [3.8, 4) is 0 Å². The van der Waals surface area contributed by atoms with E-state index in [0.717, 1.165) is 12.5 Å². The van der Waals surface area contributed by atoms with Crippen LogP contribution < -0.4 is 0 Å². The van der Waals surface area contributed by atoms with Crippen LogP contribution in [-0.4, -0.2) is 13.7 Å². The van der Waals surface area contributed by atoms with Crippen LogP contribution in [0.4, 0.5) is 0 Å². The van der Waals surface area contributed by atoms with E-state index in [4.69, 9.17) is 0 Å². The van der Waals surface area contributed by atoms with E-state index in [1.165, 1.54) is 12.0 Å². The van der Waals surface area contributed by atoms with Crippen LogP contribution >= 0.6 is 0 Å². The summed E-state index contributed by atoms with van der Waals surface area (Å²) in [5.41, 5.74) is 1.47. The average molecular weight is 177 g/mol. The van der Waals surface area contributed by atoms with Crippen LogP contribution in [0.2, 0.25) is 0 Å². The second kappa shape index (κ2) is 5.76. The SMILES string of the molecule is CCOC.[CH]1CC1c1ccccc1. The zero-order chi connectivity index (χ0) is 9.52. The first-order valence-electron chi connectivity index (χ1n) is 4.75. The molecule has 1 heteroatoms. The highest BCUT2D eigenvalue weighted by molar-refractivity contribution is 5.28. The number of methoxy groups -OCH3 is 1. The zero-order valence-electron chi connectivity index (χ0n) is 8.36. The first kappa shape index (κ1) is 10.3. The van der Waals surface area contributed by atoms with Crippen molar-refractivity contribution in [3.63, 3.8) is 0 Å². The summed E-state index contributed by atoms with van der Waals surface area (Å²) in [5.74, 6) is 0.784. The third kappa shape index (κ3) is 4.09. The third-order valence-electron chi connectivity index (χ3n) is 1.99. The number of benzene rings is 1. The summed E-state index contributed by atoms with van der Waals surface area (Å²) in [6, 6.07) is 10.6. The van der Waals surface area contributed by atoms with E-state index in [0.29, 0.717) is 0 Å². The molecule has 1 aliphatic carbocycles. The van der Waals surface area contributed by atoms with Crippen LogP contribution in [0.1, 0.15) is 24.8 Å². The summed E-state index contributed by atoms with van der Waals surface area (Å²) in [5, 5.41) is 0. The van der Waals surface area contributed by atoms with Crippen LogP contribution in [-0.2, 0) is 4.74 Å². The van der Waals surface area contributed by atoms with E-state index < -0.39 is 0 Å². The minimum atomic E-state index is 0.784. The third-order valence-corrected chi connectivity index (χ3v) is 1.99. The van der Waals surface area contributed by atoms with Crippen LogP contribution in [0.25, 0.3) is 0 Å². The number of hydrogen-bond donors (Lipinski definition) is 0. The zero-order valence-corrected chi connectivity index (χ0v) is 8.36. The van der Waals surface area contributed by atoms with Crippen molar-refractivity contribution in [1.29, 1.82) is 0 Å². The van der Waals surface area contributed by atoms with Gasteiger partial charge < -0.3 is 4.74 Å². The summed E-state index contributed by atoms with van der Waals surface area (Å²) >= 11 is 0. The standard InChI is InChI=1S/C9H9.C3H8O/c1-2-4-8(5-3-1)9-6-7-9;1-3-4-2/h1-6,9H,7H2;3H2,1-2H3. The summed E-state index contributed by atoms with van der Waals surface area (Å²) in [6.07, 6.45) is 3.61. The minimum Gasteiger partial charge on any atom is -0.385 e. The van der Waals surface area contributed by atoms with Crippen LogP contribution in [0.5, 0.6) is 0 Å². The maximum absolute atomic E-state index is 4.54. The summed E-state index contributed by atoms with van der Waals surface area (Å²) < 4.78 is 4.54. The molecule has 0 bridgehead atoms. The molecule has 0 spiro atoms. The van der Waals surface area contributed by atoms with Crippen molar-refractivity contribution in [2.24, 2.45) is 0 Å². The topological polar surface area (TPSA) is 9.23 Å². The molecular weight excluding hydrogens is 160 g/mol. The highest BCUT2D eigenvalue weighted by Crippen LogP contribution is 2.38. The van der Waals surface area contributed by atoms with Gasteiger partial charge in [0, 0.05) is 13.7 Å². The molecule has 1 nitrogen and oxygen atoms in total. The highest BCUT2D eigenvalue weighted by atomic mass is 16.5. The lowest BCUT2D eigenvalue weighted by Gasteiger charge is -1.92. The fourth-order valence-electron chi connectivity index (χ4n) is 1.04. The van der Waals surface area contributed by atoms with Gasteiger partial charge in [-0.25, -0.2) is 0 Å². The molecule has 1 atom stereocenters. The van der Waals surface area contributed by atoms with Gasteiger partial charge >= 0.3 is 0 Å². The Morgan fingerprint density at radius 2 is 1.85 bits per heavy atom. The summed E-state index contributed by atoms with van der Waals surface area (Å²) in [7, 11) is 1.68. The molecule has 0 heterocycles. The normalized spacial score (nSPS) is 14.6. The van der Waals surface area contributed by atoms with Gasteiger partial charge in [-0.05, 0) is 31.2 Å². The lowest BCUT2D eigenvalue weighted by atomic mass is 10.1. The Morgan fingerprint density at radius 1 is 1.31 bits per heavy atom. The van der Waals surface area contributed by atoms with Gasteiger partial charge in [0.2, 0.25) is 0 Å². The van der Waals surface area contributed by atoms with E-state index in [2.05, 4.69) is 41.5 Å². The Kier molecular flexibility index (Phi) is 4.55. The molecule has 0 amide bonds. The van der Waals surface area contributed by atoms with Gasteiger partial charge in [0.05, 0.1) is 0 Å². The maximum atomic E-state index is 4.54. The molecule has 1 aromatic carbocycles. The Labute approximate surface area is 80.7 Å². The molecule has 71 valence electrons. The molecule has 0 saturated heterocycles. The summed E-state index contributed by atoms with van der Waals surface area (Å²) in [6.45, 7) is 2.78. The van der Waals surface area contributed by atoms with Crippen molar-refractivity contribution < 1.29 is 4.74 Å². The first-order chi connectivity index (χ1) is 6.38. The molecule has 1 radical (unpaired) electrons. The van der Waals surface area contributed by atoms with E-state index in [-0.39, 0.29) is 0 Å². The van der Waals surface area contributed by atoms with Gasteiger partial charge in [0.15, 0.2) is 0 Å². The monoisotopic (exact) mass is 177 g/mol. The number of ether oxygens (including phenoxy) is 1. The van der Waals surface area contributed by atoms with Crippen molar-refractivity contribution in [2.75, 3.05) is 13.7 Å². The van der Waals surface area contributed by atoms with Gasteiger partial charge in [0.1, 0.15) is 0 Å². The van der Waals surface area contributed by atoms with Crippen LogP contribution in [0, 0.1) is 6.42 Å². The lowest BCUT2D eigenvalue weighted by Crippen LogP contribution is -1.73. The van der Waals surface area contributed by atoms with Crippen molar-refractivity contribution in [1.82, 2.24) is 0 Å². The molecule has 13 heavy (non-hydrogen) atoms. The molecule has 1 unspecified atom stereocenters. The maximum Gasteiger partial charge on any atom is 0.0433 e. The largest absolute Gasteiger partial charge is 0.385 e. The van der Waals surface area contributed by atoms with E-state index >= 15 is 0 Å². The van der Waals surface area contributed by atoms with Gasteiger partial charge in [-0.3, -0.25) is 0 Å². The second-order valence-electron chi connectivity index (χ2n) is 3.07. The van der Waals surface area contributed by atoms with E-state index in [9.17, 15) is 0 Å². The fraction of sp³-hybridized carbons (Fsp3) is 0.417. The molecule has 0 aliphatic heterocycles. The van der Waals surface area contributed by atoms with E-state index in [1.807, 2.05) is 6.92 Å². The Bertz CT molecular complexity index is 212. The predicted octanol–water partition coefficient (Wildman–Crippen LogP) is 3.03. The van der Waals surface area contributed by atoms with Gasteiger partial charge in [0.25, 0.3) is 0 Å². The first-order valence-corrected chi connectivity index (χ1v) is 4.75. The smallest absolute Gasteiger partial charge is 0.0433 e. The molecule has 1 aromatic rings. The highest BCUT2D eigenvalue weighted by Gasteiger charge is 2.22. The van der Waals surface area contributed by atoms with Crippen LogP contribution in [0.3, 0.4) is 0 Å². The fourth-order valence-corrected chi connectivity index (χ4v) is 1.04. The Morgan fingerprint density at radius 3 is 2.23 bits per heavy atom. The van der Waals surface area contributed by atoms with Crippen LogP contribution in [0.15, 0.2) is 30.3 Å². The molecule has 0 N–H and O–H groups in total. The molecule has 0 aromatic heterocycles. The number of hydrogen-bond acceptors (Lipinski definition) is 1. The molecule has 1 saturated carbocycles. The van der Waals surface area contributed by atoms with Gasteiger partial charge in [-0.2, -0.15) is 0 Å². The molecular formula is C12H17O. The van der Waals surface area contributed by atoms with Gasteiger partial charge in [-0.15, -0.1) is 0 Å². The van der Waals surface area contributed by atoms with Crippen molar-refractivity contribution in [3.05, 3.63) is 42.3 Å². The number of rotatable bonds is 2. The van der Waals surface area contributed by atoms with Crippen molar-refractivity contribution in [2.45, 2.75) is 19.3 Å². The summed E-state index contributed by atoms with van der Waals surface area (Å²) in [4.78, 5) is 0. The molecule has 1 fully saturated rings. The quantitative estimate of drug-likeness (QED) is 0.674. The Balaban J connectivity index is 0.000000184. The molecule has 1 aliphatic rings. The Hall–Kier alpha value is -0.820. The van der Waals surface area contributed by atoms with Crippen molar-refractivity contribution >= 4 is 0 Å². The molecule has 2 rings (SSSR count). The minimum absolute atomic E-state index is 0.784. The second-order valence-corrected chi connectivity index (χ2v) is 3.07. The predicted molar refractivity (Wildman–Crippen MR) is 55.7 cm³/mol.